The third-order valence-corrected chi connectivity index (χ3v) is 5.69. The van der Waals surface area contributed by atoms with E-state index in [0.29, 0.717) is 17.6 Å². The zero-order chi connectivity index (χ0) is 21.4. The third kappa shape index (κ3) is 6.42. The number of hydrogen-bond donors (Lipinski definition) is 2. The first-order chi connectivity index (χ1) is 14.5. The number of aliphatic imine (C=N–C) groups is 1. The highest BCUT2D eigenvalue weighted by Gasteiger charge is 2.29. The van der Waals surface area contributed by atoms with Crippen LogP contribution >= 0.6 is 11.3 Å². The number of anilines is 1. The van der Waals surface area contributed by atoms with Crippen molar-refractivity contribution in [1.29, 1.82) is 0 Å². The molecule has 0 unspecified atom stereocenters. The summed E-state index contributed by atoms with van der Waals surface area (Å²) < 4.78 is 37.8. The summed E-state index contributed by atoms with van der Waals surface area (Å²) in [5.41, 5.74) is -0.132. The van der Waals surface area contributed by atoms with Gasteiger partial charge in [0, 0.05) is 31.2 Å². The molecule has 3 rings (SSSR count). The Hall–Kier alpha value is -2.66. The van der Waals surface area contributed by atoms with Crippen LogP contribution in [-0.4, -0.2) is 38.2 Å². The average molecular weight is 435 g/mol. The molecule has 0 saturated carbocycles. The lowest BCUT2D eigenvalue weighted by Crippen LogP contribution is -2.48. The highest BCUT2D eigenvalue weighted by Crippen LogP contribution is 2.29. The van der Waals surface area contributed by atoms with Crippen LogP contribution in [0.15, 0.2) is 46.8 Å². The Labute approximate surface area is 179 Å². The lowest BCUT2D eigenvalue weighted by atomic mass is 10.1. The zero-order valence-electron chi connectivity index (χ0n) is 16.8. The van der Waals surface area contributed by atoms with Crippen molar-refractivity contribution in [2.75, 3.05) is 31.1 Å². The summed E-state index contributed by atoms with van der Waals surface area (Å²) >= 11 is 1.76. The molecule has 1 aliphatic rings. The van der Waals surface area contributed by atoms with Gasteiger partial charge in [-0.3, -0.25) is 0 Å². The number of alkyl halides is 3. The van der Waals surface area contributed by atoms with E-state index < -0.39 is 11.7 Å². The Morgan fingerprint density at radius 2 is 1.93 bits per heavy atom. The molecule has 8 heteroatoms. The van der Waals surface area contributed by atoms with Crippen molar-refractivity contribution in [1.82, 2.24) is 10.6 Å². The molecule has 1 aliphatic heterocycles. The molecular weight excluding hydrogens is 409 g/mol. The number of piperidine rings is 1. The van der Waals surface area contributed by atoms with Crippen molar-refractivity contribution < 1.29 is 13.2 Å². The minimum Gasteiger partial charge on any atom is -0.363 e. The number of nitrogens with zero attached hydrogens (tertiary/aromatic N) is 2. The first-order valence-electron chi connectivity index (χ1n) is 9.95. The zero-order valence-corrected chi connectivity index (χ0v) is 17.6. The molecule has 0 atom stereocenters. The predicted molar refractivity (Wildman–Crippen MR) is 117 cm³/mol. The molecule has 4 nitrogen and oxygen atoms in total. The SMILES string of the molecule is CCNC(=NCC#Cc1ccc(C(F)(F)F)cc1)NC1CCN(c2cccs2)CC1. The molecule has 2 N–H and O–H groups in total. The Morgan fingerprint density at radius 3 is 2.53 bits per heavy atom. The summed E-state index contributed by atoms with van der Waals surface area (Å²) in [5, 5.41) is 10.1. The van der Waals surface area contributed by atoms with Gasteiger partial charge in [0.25, 0.3) is 0 Å². The van der Waals surface area contributed by atoms with Crippen LogP contribution in [0.3, 0.4) is 0 Å². The Bertz CT molecular complexity index is 872. The number of hydrogen-bond acceptors (Lipinski definition) is 3. The fourth-order valence-electron chi connectivity index (χ4n) is 3.21. The van der Waals surface area contributed by atoms with Crippen molar-refractivity contribution in [3.63, 3.8) is 0 Å². The smallest absolute Gasteiger partial charge is 0.363 e. The molecule has 30 heavy (non-hydrogen) atoms. The minimum absolute atomic E-state index is 0.268. The first kappa shape index (κ1) is 22.0. The highest BCUT2D eigenvalue weighted by molar-refractivity contribution is 7.14. The number of halogens is 3. The highest BCUT2D eigenvalue weighted by atomic mass is 32.1. The van der Waals surface area contributed by atoms with Gasteiger partial charge in [0.05, 0.1) is 10.6 Å². The van der Waals surface area contributed by atoms with Crippen molar-refractivity contribution in [2.45, 2.75) is 32.0 Å². The molecule has 2 aromatic rings. The van der Waals surface area contributed by atoms with Crippen LogP contribution in [-0.2, 0) is 6.18 Å². The average Bonchev–Trinajstić information content (AvgIpc) is 3.26. The number of guanidine groups is 1. The third-order valence-electron chi connectivity index (χ3n) is 4.76. The van der Waals surface area contributed by atoms with Crippen molar-refractivity contribution >= 4 is 22.3 Å². The van der Waals surface area contributed by atoms with Crippen LogP contribution in [0.4, 0.5) is 18.2 Å². The van der Waals surface area contributed by atoms with Crippen LogP contribution in [0.1, 0.15) is 30.9 Å². The fourth-order valence-corrected chi connectivity index (χ4v) is 4.00. The number of benzene rings is 1. The van der Waals surface area contributed by atoms with Gasteiger partial charge in [0.1, 0.15) is 6.54 Å². The summed E-state index contributed by atoms with van der Waals surface area (Å²) in [5.74, 6) is 6.48. The molecule has 0 aliphatic carbocycles. The van der Waals surface area contributed by atoms with Crippen LogP contribution in [0.5, 0.6) is 0 Å². The van der Waals surface area contributed by atoms with Crippen LogP contribution in [0, 0.1) is 11.8 Å². The van der Waals surface area contributed by atoms with Crippen molar-refractivity contribution in [3.8, 4) is 11.8 Å². The van der Waals surface area contributed by atoms with E-state index in [1.54, 1.807) is 11.3 Å². The number of rotatable bonds is 4. The molecule has 1 aromatic carbocycles. The molecule has 0 bridgehead atoms. The second-order valence-corrected chi connectivity index (χ2v) is 7.86. The van der Waals surface area contributed by atoms with Gasteiger partial charge in [-0.15, -0.1) is 11.3 Å². The van der Waals surface area contributed by atoms with Gasteiger partial charge in [-0.1, -0.05) is 11.8 Å². The fraction of sp³-hybridized carbons (Fsp3) is 0.409. The Balaban J connectivity index is 1.51. The minimum atomic E-state index is -4.33. The van der Waals surface area contributed by atoms with Gasteiger partial charge in [-0.05, 0) is 61.5 Å². The quantitative estimate of drug-likeness (QED) is 0.427. The predicted octanol–water partition coefficient (Wildman–Crippen LogP) is 4.34. The van der Waals surface area contributed by atoms with Crippen LogP contribution in [0.25, 0.3) is 0 Å². The number of nitrogens with one attached hydrogen (secondary N) is 2. The summed E-state index contributed by atoms with van der Waals surface area (Å²) in [6, 6.07) is 9.42. The maximum Gasteiger partial charge on any atom is 0.416 e. The molecule has 2 heterocycles. The van der Waals surface area contributed by atoms with Crippen molar-refractivity contribution in [2.24, 2.45) is 4.99 Å². The molecule has 1 saturated heterocycles. The summed E-state index contributed by atoms with van der Waals surface area (Å²) in [6.07, 6.45) is -2.28. The second kappa shape index (κ2) is 10.4. The summed E-state index contributed by atoms with van der Waals surface area (Å²) in [4.78, 5) is 6.88. The maximum atomic E-state index is 12.6. The normalized spacial score (nSPS) is 15.5. The molecule has 1 aromatic heterocycles. The molecule has 1 fully saturated rings. The molecular formula is C22H25F3N4S. The summed E-state index contributed by atoms with van der Waals surface area (Å²) in [7, 11) is 0. The largest absolute Gasteiger partial charge is 0.416 e. The molecule has 0 radical (unpaired) electrons. The van der Waals surface area contributed by atoms with Crippen molar-refractivity contribution in [3.05, 3.63) is 52.9 Å². The first-order valence-corrected chi connectivity index (χ1v) is 10.8. The number of thiophene rings is 1. The van der Waals surface area contributed by atoms with E-state index in [9.17, 15) is 13.2 Å². The Kier molecular flexibility index (Phi) is 7.63. The van der Waals surface area contributed by atoms with E-state index in [0.717, 1.165) is 44.6 Å². The van der Waals surface area contributed by atoms with E-state index in [1.165, 1.54) is 17.1 Å². The standard InChI is InChI=1S/C22H25F3N4S/c1-2-26-21(28-19-11-14-29(15-12-19)20-6-4-16-30-20)27-13-3-5-17-7-9-18(10-8-17)22(23,24)25/h4,6-10,16,19H,2,11-15H2,1H3,(H2,26,27,28). The van der Waals surface area contributed by atoms with E-state index in [-0.39, 0.29) is 6.54 Å². The topological polar surface area (TPSA) is 39.7 Å². The van der Waals surface area contributed by atoms with Gasteiger partial charge in [-0.2, -0.15) is 13.2 Å². The van der Waals surface area contributed by atoms with Gasteiger partial charge in [0.2, 0.25) is 0 Å². The second-order valence-electron chi connectivity index (χ2n) is 6.93. The van der Waals surface area contributed by atoms with Gasteiger partial charge >= 0.3 is 6.18 Å². The summed E-state index contributed by atoms with van der Waals surface area (Å²) in [6.45, 7) is 5.03. The van der Waals surface area contributed by atoms with Gasteiger partial charge in [-0.25, -0.2) is 4.99 Å². The van der Waals surface area contributed by atoms with E-state index in [4.69, 9.17) is 0 Å². The van der Waals surface area contributed by atoms with E-state index in [1.807, 2.05) is 6.92 Å². The van der Waals surface area contributed by atoms with Gasteiger partial charge < -0.3 is 15.5 Å². The molecule has 160 valence electrons. The monoisotopic (exact) mass is 434 g/mol. The molecule has 0 spiro atoms. The van der Waals surface area contributed by atoms with Crippen LogP contribution < -0.4 is 15.5 Å². The lowest BCUT2D eigenvalue weighted by molar-refractivity contribution is -0.137. The molecule has 0 amide bonds. The lowest BCUT2D eigenvalue weighted by Gasteiger charge is -2.33. The van der Waals surface area contributed by atoms with E-state index in [2.05, 4.69) is 49.9 Å². The maximum absolute atomic E-state index is 12.6. The van der Waals surface area contributed by atoms with Crippen LogP contribution in [0.2, 0.25) is 0 Å². The van der Waals surface area contributed by atoms with Gasteiger partial charge in [0.15, 0.2) is 5.96 Å². The van der Waals surface area contributed by atoms with E-state index >= 15 is 0 Å². The Morgan fingerprint density at radius 1 is 1.20 bits per heavy atom.